The van der Waals surface area contributed by atoms with Gasteiger partial charge in [0.1, 0.15) is 0 Å². The predicted octanol–water partition coefficient (Wildman–Crippen LogP) is 2.15. The molecule has 0 aliphatic heterocycles. The summed E-state index contributed by atoms with van der Waals surface area (Å²) in [5.74, 6) is 0. The maximum atomic E-state index is 5.43. The third-order valence-corrected chi connectivity index (χ3v) is 1.70. The Labute approximate surface area is 75.6 Å². The molecule has 0 heterocycles. The molecule has 0 amide bonds. The molecule has 0 saturated heterocycles. The maximum Gasteiger partial charge on any atom is 0.0389 e. The fourth-order valence-corrected chi connectivity index (χ4v) is 0.881. The summed E-state index contributed by atoms with van der Waals surface area (Å²) in [5, 5.41) is 0. The number of rotatable bonds is 6. The molecule has 70 valence electrons. The van der Waals surface area contributed by atoms with Crippen LogP contribution in [-0.4, -0.2) is 19.3 Å². The van der Waals surface area contributed by atoms with E-state index in [4.69, 9.17) is 5.73 Å². The van der Waals surface area contributed by atoms with E-state index in [1.54, 1.807) is 0 Å². The van der Waals surface area contributed by atoms with Crippen LogP contribution < -0.4 is 5.73 Å². The minimum absolute atomic E-state index is 0.708. The van der Waals surface area contributed by atoms with Gasteiger partial charge in [-0.2, -0.15) is 0 Å². The second-order valence-electron chi connectivity index (χ2n) is 2.79. The van der Waals surface area contributed by atoms with E-state index in [2.05, 4.69) is 18.0 Å². The molecule has 0 bridgehead atoms. The molecule has 0 spiro atoms. The Balaban J connectivity index is 3.62. The fraction of sp³-hybridized carbons (Fsp3) is 0.700. The molecule has 0 unspecified atom stereocenters. The van der Waals surface area contributed by atoms with Crippen LogP contribution in [0.5, 0.6) is 0 Å². The van der Waals surface area contributed by atoms with Gasteiger partial charge in [0.15, 0.2) is 0 Å². The minimum Gasteiger partial charge on any atom is -0.330 e. The highest BCUT2D eigenvalue weighted by molar-refractivity contribution is 5.78. The van der Waals surface area contributed by atoms with E-state index in [0.29, 0.717) is 6.54 Å². The lowest BCUT2D eigenvalue weighted by Crippen LogP contribution is -2.01. The minimum atomic E-state index is 0.708. The van der Waals surface area contributed by atoms with Gasteiger partial charge in [-0.05, 0) is 31.9 Å². The van der Waals surface area contributed by atoms with Crippen LogP contribution in [0.15, 0.2) is 16.6 Å². The van der Waals surface area contributed by atoms with Crippen molar-refractivity contribution in [2.75, 3.05) is 13.1 Å². The van der Waals surface area contributed by atoms with E-state index in [1.165, 1.54) is 18.4 Å². The van der Waals surface area contributed by atoms with E-state index in [-0.39, 0.29) is 0 Å². The SMILES string of the molecule is C/C=C(\C=N/CCCC)CCN. The molecule has 2 heteroatoms. The molecule has 0 aromatic carbocycles. The number of nitrogens with zero attached hydrogens (tertiary/aromatic N) is 1. The van der Waals surface area contributed by atoms with E-state index in [0.717, 1.165) is 13.0 Å². The van der Waals surface area contributed by atoms with Gasteiger partial charge in [-0.1, -0.05) is 19.4 Å². The van der Waals surface area contributed by atoms with E-state index < -0.39 is 0 Å². The molecule has 0 aliphatic carbocycles. The Morgan fingerprint density at radius 1 is 1.50 bits per heavy atom. The van der Waals surface area contributed by atoms with Gasteiger partial charge in [0.2, 0.25) is 0 Å². The smallest absolute Gasteiger partial charge is 0.0389 e. The van der Waals surface area contributed by atoms with Crippen LogP contribution in [0.1, 0.15) is 33.1 Å². The average molecular weight is 168 g/mol. The van der Waals surface area contributed by atoms with Gasteiger partial charge in [-0.25, -0.2) is 0 Å². The first-order valence-electron chi connectivity index (χ1n) is 4.70. The first-order chi connectivity index (χ1) is 5.85. The number of nitrogens with two attached hydrogens (primary N) is 1. The monoisotopic (exact) mass is 168 g/mol. The summed E-state index contributed by atoms with van der Waals surface area (Å²) in [4.78, 5) is 4.30. The molecule has 12 heavy (non-hydrogen) atoms. The summed E-state index contributed by atoms with van der Waals surface area (Å²) < 4.78 is 0. The lowest BCUT2D eigenvalue weighted by molar-refractivity contribution is 0.809. The lowest BCUT2D eigenvalue weighted by atomic mass is 10.2. The van der Waals surface area contributed by atoms with Crippen molar-refractivity contribution in [2.45, 2.75) is 33.1 Å². The molecule has 0 atom stereocenters. The van der Waals surface area contributed by atoms with Crippen LogP contribution in [0.4, 0.5) is 0 Å². The highest BCUT2D eigenvalue weighted by Crippen LogP contribution is 1.96. The van der Waals surface area contributed by atoms with Crippen molar-refractivity contribution in [3.63, 3.8) is 0 Å². The van der Waals surface area contributed by atoms with E-state index in [1.807, 2.05) is 13.1 Å². The Bertz CT molecular complexity index is 148. The number of hydrogen-bond acceptors (Lipinski definition) is 2. The molecule has 0 aromatic heterocycles. The summed E-state index contributed by atoms with van der Waals surface area (Å²) in [7, 11) is 0. The number of allylic oxidation sites excluding steroid dienone is 1. The second-order valence-corrected chi connectivity index (χ2v) is 2.79. The van der Waals surface area contributed by atoms with Gasteiger partial charge >= 0.3 is 0 Å². The molecule has 0 fully saturated rings. The predicted molar refractivity (Wildman–Crippen MR) is 55.7 cm³/mol. The summed E-state index contributed by atoms with van der Waals surface area (Å²) in [5.41, 5.74) is 6.68. The van der Waals surface area contributed by atoms with Crippen molar-refractivity contribution in [2.24, 2.45) is 10.7 Å². The molecule has 0 radical (unpaired) electrons. The normalized spacial score (nSPS) is 12.8. The molecule has 0 saturated carbocycles. The van der Waals surface area contributed by atoms with Crippen molar-refractivity contribution >= 4 is 6.21 Å². The largest absolute Gasteiger partial charge is 0.330 e. The second kappa shape index (κ2) is 8.47. The van der Waals surface area contributed by atoms with Gasteiger partial charge in [0, 0.05) is 12.8 Å². The van der Waals surface area contributed by atoms with Crippen LogP contribution in [0.2, 0.25) is 0 Å². The topological polar surface area (TPSA) is 38.4 Å². The average Bonchev–Trinajstić information content (AvgIpc) is 2.10. The van der Waals surface area contributed by atoms with Crippen LogP contribution in [0.25, 0.3) is 0 Å². The maximum absolute atomic E-state index is 5.43. The third-order valence-electron chi connectivity index (χ3n) is 1.70. The number of hydrogen-bond donors (Lipinski definition) is 1. The summed E-state index contributed by atoms with van der Waals surface area (Å²) in [6.07, 6.45) is 7.34. The molecule has 2 nitrogen and oxygen atoms in total. The van der Waals surface area contributed by atoms with Crippen LogP contribution in [-0.2, 0) is 0 Å². The fourth-order valence-electron chi connectivity index (χ4n) is 0.881. The highest BCUT2D eigenvalue weighted by atomic mass is 14.7. The third kappa shape index (κ3) is 6.10. The Hall–Kier alpha value is -0.630. The lowest BCUT2D eigenvalue weighted by Gasteiger charge is -1.96. The van der Waals surface area contributed by atoms with Crippen LogP contribution >= 0.6 is 0 Å². The summed E-state index contributed by atoms with van der Waals surface area (Å²) >= 11 is 0. The van der Waals surface area contributed by atoms with Crippen molar-refractivity contribution in [1.29, 1.82) is 0 Å². The molecule has 0 rings (SSSR count). The van der Waals surface area contributed by atoms with Crippen molar-refractivity contribution in [3.05, 3.63) is 11.6 Å². The van der Waals surface area contributed by atoms with Gasteiger partial charge in [-0.15, -0.1) is 0 Å². The molecule has 0 aliphatic rings. The van der Waals surface area contributed by atoms with Crippen LogP contribution in [0.3, 0.4) is 0 Å². The van der Waals surface area contributed by atoms with E-state index in [9.17, 15) is 0 Å². The molecule has 0 aromatic rings. The Kier molecular flexibility index (Phi) is 8.02. The standard InChI is InChI=1S/C10H20N2/c1-3-5-8-12-9-10(4-2)6-7-11/h4,9H,3,5-8,11H2,1-2H3/b10-4-,12-9-. The Morgan fingerprint density at radius 2 is 2.25 bits per heavy atom. The summed E-state index contributed by atoms with van der Waals surface area (Å²) in [6.45, 7) is 5.85. The Morgan fingerprint density at radius 3 is 2.75 bits per heavy atom. The number of unbranched alkanes of at least 4 members (excludes halogenated alkanes) is 1. The zero-order valence-electron chi connectivity index (χ0n) is 8.21. The van der Waals surface area contributed by atoms with Crippen molar-refractivity contribution < 1.29 is 0 Å². The summed E-state index contributed by atoms with van der Waals surface area (Å²) in [6, 6.07) is 0. The zero-order valence-corrected chi connectivity index (χ0v) is 8.21. The van der Waals surface area contributed by atoms with Crippen molar-refractivity contribution in [3.8, 4) is 0 Å². The first-order valence-corrected chi connectivity index (χ1v) is 4.70. The first kappa shape index (κ1) is 11.4. The van der Waals surface area contributed by atoms with Crippen LogP contribution in [0, 0.1) is 0 Å². The zero-order chi connectivity index (χ0) is 9.23. The van der Waals surface area contributed by atoms with Gasteiger partial charge in [0.05, 0.1) is 0 Å². The highest BCUT2D eigenvalue weighted by Gasteiger charge is 1.88. The molecular formula is C10H20N2. The number of aliphatic imine (C=N–C) groups is 1. The molecular weight excluding hydrogens is 148 g/mol. The van der Waals surface area contributed by atoms with Gasteiger partial charge in [0.25, 0.3) is 0 Å². The van der Waals surface area contributed by atoms with Gasteiger partial charge in [-0.3, -0.25) is 4.99 Å². The van der Waals surface area contributed by atoms with Gasteiger partial charge < -0.3 is 5.73 Å². The van der Waals surface area contributed by atoms with E-state index >= 15 is 0 Å². The van der Waals surface area contributed by atoms with Crippen molar-refractivity contribution in [1.82, 2.24) is 0 Å². The molecule has 2 N–H and O–H groups in total. The quantitative estimate of drug-likeness (QED) is 0.479.